The summed E-state index contributed by atoms with van der Waals surface area (Å²) in [5.74, 6) is 1.94. The van der Waals surface area contributed by atoms with Crippen molar-refractivity contribution in [1.29, 1.82) is 0 Å². The molecule has 0 aromatic carbocycles. The molecule has 2 fully saturated rings. The van der Waals surface area contributed by atoms with E-state index in [0.717, 1.165) is 24.5 Å². The molecule has 1 aliphatic carbocycles. The van der Waals surface area contributed by atoms with Gasteiger partial charge in [-0.3, -0.25) is 10.1 Å². The van der Waals surface area contributed by atoms with E-state index in [1.165, 1.54) is 0 Å². The number of methoxy groups -OCH3 is 1. The number of amides is 1. The summed E-state index contributed by atoms with van der Waals surface area (Å²) in [6.45, 7) is 0. The zero-order valence-corrected chi connectivity index (χ0v) is 9.10. The standard InChI is InChI=1S/C9H16N2O2S/c1-13-7-2-6(3-7)11-9(12)8-4-14-5-10-8/h6-8,10H,2-5H2,1H3,(H,11,12). The van der Waals surface area contributed by atoms with Gasteiger partial charge in [0.25, 0.3) is 0 Å². The van der Waals surface area contributed by atoms with E-state index in [0.29, 0.717) is 12.1 Å². The molecule has 1 heterocycles. The van der Waals surface area contributed by atoms with Crippen LogP contribution in [0.1, 0.15) is 12.8 Å². The fraction of sp³-hybridized carbons (Fsp3) is 0.889. The monoisotopic (exact) mass is 216 g/mol. The van der Waals surface area contributed by atoms with Crippen LogP contribution in [0, 0.1) is 0 Å². The number of hydrogen-bond acceptors (Lipinski definition) is 4. The minimum absolute atomic E-state index is 0.0154. The molecule has 14 heavy (non-hydrogen) atoms. The Morgan fingerprint density at radius 1 is 1.57 bits per heavy atom. The van der Waals surface area contributed by atoms with E-state index >= 15 is 0 Å². The molecule has 1 saturated carbocycles. The van der Waals surface area contributed by atoms with Crippen LogP contribution in [0.2, 0.25) is 0 Å². The third-order valence-electron chi connectivity index (χ3n) is 2.81. The Morgan fingerprint density at radius 3 is 2.93 bits per heavy atom. The topological polar surface area (TPSA) is 50.4 Å². The highest BCUT2D eigenvalue weighted by Crippen LogP contribution is 2.22. The molecule has 0 radical (unpaired) electrons. The number of ether oxygens (including phenoxy) is 1. The highest BCUT2D eigenvalue weighted by Gasteiger charge is 2.32. The Kier molecular flexibility index (Phi) is 3.30. The van der Waals surface area contributed by atoms with Gasteiger partial charge in [0.1, 0.15) is 0 Å². The number of carbonyl (C=O) groups is 1. The van der Waals surface area contributed by atoms with Crippen LogP contribution in [0.5, 0.6) is 0 Å². The lowest BCUT2D eigenvalue weighted by Gasteiger charge is -2.35. The van der Waals surface area contributed by atoms with Crippen molar-refractivity contribution in [1.82, 2.24) is 10.6 Å². The fourth-order valence-corrected chi connectivity index (χ4v) is 2.68. The van der Waals surface area contributed by atoms with Crippen LogP contribution in [-0.2, 0) is 9.53 Å². The van der Waals surface area contributed by atoms with E-state index in [4.69, 9.17) is 4.74 Å². The lowest BCUT2D eigenvalue weighted by molar-refractivity contribution is -0.124. The molecule has 0 aromatic heterocycles. The van der Waals surface area contributed by atoms with Gasteiger partial charge >= 0.3 is 0 Å². The third-order valence-corrected chi connectivity index (χ3v) is 3.75. The van der Waals surface area contributed by atoms with Crippen molar-refractivity contribution in [3.8, 4) is 0 Å². The second-order valence-corrected chi connectivity index (χ2v) is 4.84. The summed E-state index contributed by atoms with van der Waals surface area (Å²) in [5.41, 5.74) is 0. The Morgan fingerprint density at radius 2 is 2.36 bits per heavy atom. The van der Waals surface area contributed by atoms with Crippen LogP contribution in [0.3, 0.4) is 0 Å². The van der Waals surface area contributed by atoms with E-state index in [-0.39, 0.29) is 11.9 Å². The van der Waals surface area contributed by atoms with Gasteiger partial charge in [-0.2, -0.15) is 0 Å². The van der Waals surface area contributed by atoms with Crippen molar-refractivity contribution in [3.05, 3.63) is 0 Å². The van der Waals surface area contributed by atoms with E-state index in [1.54, 1.807) is 18.9 Å². The molecule has 1 unspecified atom stereocenters. The molecule has 2 aliphatic rings. The van der Waals surface area contributed by atoms with Crippen LogP contribution in [-0.4, -0.2) is 42.8 Å². The predicted molar refractivity (Wildman–Crippen MR) is 56.2 cm³/mol. The molecular weight excluding hydrogens is 200 g/mol. The summed E-state index contributed by atoms with van der Waals surface area (Å²) in [6.07, 6.45) is 2.27. The van der Waals surface area contributed by atoms with Gasteiger partial charge in [0.2, 0.25) is 5.91 Å². The number of nitrogens with one attached hydrogen (secondary N) is 2. The summed E-state index contributed by atoms with van der Waals surface area (Å²) in [5, 5.41) is 6.18. The molecule has 4 nitrogen and oxygen atoms in total. The molecule has 1 atom stereocenters. The zero-order chi connectivity index (χ0) is 9.97. The Balaban J connectivity index is 1.68. The van der Waals surface area contributed by atoms with Crippen molar-refractivity contribution in [2.24, 2.45) is 0 Å². The maximum absolute atomic E-state index is 11.6. The van der Waals surface area contributed by atoms with Gasteiger partial charge in [0.15, 0.2) is 0 Å². The van der Waals surface area contributed by atoms with Crippen molar-refractivity contribution in [2.45, 2.75) is 31.0 Å². The average Bonchev–Trinajstić information content (AvgIpc) is 2.62. The molecule has 0 spiro atoms. The van der Waals surface area contributed by atoms with E-state index in [2.05, 4.69) is 10.6 Å². The normalized spacial score (nSPS) is 36.5. The first-order valence-electron chi connectivity index (χ1n) is 4.94. The molecule has 2 rings (SSSR count). The number of hydrogen-bond donors (Lipinski definition) is 2. The molecule has 0 aromatic rings. The molecule has 2 N–H and O–H groups in total. The van der Waals surface area contributed by atoms with Gasteiger partial charge in [-0.05, 0) is 12.8 Å². The number of rotatable bonds is 3. The second kappa shape index (κ2) is 4.51. The van der Waals surface area contributed by atoms with Crippen molar-refractivity contribution >= 4 is 17.7 Å². The van der Waals surface area contributed by atoms with Crippen LogP contribution in [0.4, 0.5) is 0 Å². The Hall–Kier alpha value is -0.260. The van der Waals surface area contributed by atoms with Crippen LogP contribution >= 0.6 is 11.8 Å². The van der Waals surface area contributed by atoms with Gasteiger partial charge in [-0.1, -0.05) is 0 Å². The zero-order valence-electron chi connectivity index (χ0n) is 8.29. The minimum Gasteiger partial charge on any atom is -0.381 e. The summed E-state index contributed by atoms with van der Waals surface area (Å²) in [4.78, 5) is 11.6. The largest absolute Gasteiger partial charge is 0.381 e. The lowest BCUT2D eigenvalue weighted by Crippen LogP contribution is -2.52. The quantitative estimate of drug-likeness (QED) is 0.694. The van der Waals surface area contributed by atoms with Crippen molar-refractivity contribution in [2.75, 3.05) is 18.7 Å². The molecule has 5 heteroatoms. The maximum atomic E-state index is 11.6. The molecule has 80 valence electrons. The van der Waals surface area contributed by atoms with E-state index in [9.17, 15) is 4.79 Å². The smallest absolute Gasteiger partial charge is 0.238 e. The first-order valence-corrected chi connectivity index (χ1v) is 6.09. The predicted octanol–water partition coefficient (Wildman–Crippen LogP) is -0.0575. The highest BCUT2D eigenvalue weighted by atomic mass is 32.2. The average molecular weight is 216 g/mol. The highest BCUT2D eigenvalue weighted by molar-refractivity contribution is 7.99. The van der Waals surface area contributed by atoms with E-state index in [1.807, 2.05) is 0 Å². The molecule has 0 bridgehead atoms. The number of carbonyl (C=O) groups excluding carboxylic acids is 1. The summed E-state index contributed by atoms with van der Waals surface area (Å²) in [7, 11) is 1.72. The first-order chi connectivity index (χ1) is 6.79. The van der Waals surface area contributed by atoms with Gasteiger partial charge in [0.05, 0.1) is 12.1 Å². The summed E-state index contributed by atoms with van der Waals surface area (Å²) >= 11 is 1.77. The Bertz CT molecular complexity index is 213. The molecule has 1 aliphatic heterocycles. The van der Waals surface area contributed by atoms with Crippen LogP contribution in [0.15, 0.2) is 0 Å². The molecule has 1 amide bonds. The summed E-state index contributed by atoms with van der Waals surface area (Å²) in [6, 6.07) is 0.349. The van der Waals surface area contributed by atoms with Gasteiger partial charge in [0, 0.05) is 24.8 Å². The lowest BCUT2D eigenvalue weighted by atomic mass is 9.89. The maximum Gasteiger partial charge on any atom is 0.238 e. The van der Waals surface area contributed by atoms with Crippen LogP contribution in [0.25, 0.3) is 0 Å². The van der Waals surface area contributed by atoms with Crippen molar-refractivity contribution in [3.63, 3.8) is 0 Å². The van der Waals surface area contributed by atoms with Gasteiger partial charge < -0.3 is 10.1 Å². The minimum atomic E-state index is 0.0154. The SMILES string of the molecule is COC1CC(NC(=O)C2CSCN2)C1. The van der Waals surface area contributed by atoms with Crippen LogP contribution < -0.4 is 10.6 Å². The fourth-order valence-electron chi connectivity index (χ4n) is 1.74. The number of thioether (sulfide) groups is 1. The summed E-state index contributed by atoms with van der Waals surface area (Å²) < 4.78 is 5.15. The molecule has 1 saturated heterocycles. The van der Waals surface area contributed by atoms with E-state index < -0.39 is 0 Å². The van der Waals surface area contributed by atoms with Gasteiger partial charge in [-0.25, -0.2) is 0 Å². The molecular formula is C9H16N2O2S. The first kappa shape index (κ1) is 10.3. The van der Waals surface area contributed by atoms with Gasteiger partial charge in [-0.15, -0.1) is 11.8 Å². The Labute approximate surface area is 88.1 Å². The third kappa shape index (κ3) is 2.21. The second-order valence-electron chi connectivity index (χ2n) is 3.81. The van der Waals surface area contributed by atoms with Crippen molar-refractivity contribution < 1.29 is 9.53 Å².